The molecule has 1 aliphatic rings. The Morgan fingerprint density at radius 2 is 2.32 bits per heavy atom. The summed E-state index contributed by atoms with van der Waals surface area (Å²) >= 11 is 0. The lowest BCUT2D eigenvalue weighted by Crippen LogP contribution is -2.24. The molecular weight excluding hydrogens is 234 g/mol. The second-order valence-electron chi connectivity index (χ2n) is 5.48. The van der Waals surface area contributed by atoms with Crippen molar-refractivity contribution in [1.82, 2.24) is 15.1 Å². The van der Waals surface area contributed by atoms with Gasteiger partial charge in [-0.15, -0.1) is 0 Å². The Kier molecular flexibility index (Phi) is 3.38. The number of fused-ring (bicyclic) bond motifs is 1. The lowest BCUT2D eigenvalue weighted by molar-refractivity contribution is 0.452. The Balaban J connectivity index is 1.71. The molecule has 3 heteroatoms. The minimum Gasteiger partial charge on any atom is -0.306 e. The van der Waals surface area contributed by atoms with Gasteiger partial charge in [0.2, 0.25) is 0 Å². The second kappa shape index (κ2) is 5.17. The molecule has 1 heterocycles. The van der Waals surface area contributed by atoms with Crippen LogP contribution in [0.15, 0.2) is 30.5 Å². The molecule has 19 heavy (non-hydrogen) atoms. The zero-order valence-corrected chi connectivity index (χ0v) is 11.7. The number of hydrogen-bond acceptors (Lipinski definition) is 2. The van der Waals surface area contributed by atoms with Crippen LogP contribution >= 0.6 is 0 Å². The van der Waals surface area contributed by atoms with Crippen LogP contribution < -0.4 is 5.32 Å². The minimum absolute atomic E-state index is 0.456. The van der Waals surface area contributed by atoms with Crippen LogP contribution in [0.1, 0.15) is 41.3 Å². The maximum atomic E-state index is 4.39. The van der Waals surface area contributed by atoms with Gasteiger partial charge >= 0.3 is 0 Å². The van der Waals surface area contributed by atoms with Crippen LogP contribution in [-0.4, -0.2) is 9.78 Å². The van der Waals surface area contributed by atoms with Gasteiger partial charge < -0.3 is 5.32 Å². The topological polar surface area (TPSA) is 29.9 Å². The summed E-state index contributed by atoms with van der Waals surface area (Å²) in [5, 5.41) is 8.08. The highest BCUT2D eigenvalue weighted by molar-refractivity contribution is 5.26. The fourth-order valence-electron chi connectivity index (χ4n) is 2.98. The first-order chi connectivity index (χ1) is 9.24. The summed E-state index contributed by atoms with van der Waals surface area (Å²) in [6.45, 7) is 3.07. The molecule has 0 spiro atoms. The molecule has 0 saturated carbocycles. The van der Waals surface area contributed by atoms with E-state index in [2.05, 4.69) is 41.6 Å². The quantitative estimate of drug-likeness (QED) is 0.914. The van der Waals surface area contributed by atoms with Crippen molar-refractivity contribution >= 4 is 0 Å². The van der Waals surface area contributed by atoms with Crippen LogP contribution in [0.5, 0.6) is 0 Å². The average Bonchev–Trinajstić information content (AvgIpc) is 2.79. The average molecular weight is 255 g/mol. The number of nitrogens with one attached hydrogen (secondary N) is 1. The van der Waals surface area contributed by atoms with Gasteiger partial charge in [-0.3, -0.25) is 4.68 Å². The third kappa shape index (κ3) is 2.56. The Morgan fingerprint density at radius 3 is 3.16 bits per heavy atom. The summed E-state index contributed by atoms with van der Waals surface area (Å²) in [5.41, 5.74) is 5.47. The van der Waals surface area contributed by atoms with Gasteiger partial charge in [-0.25, -0.2) is 0 Å². The van der Waals surface area contributed by atoms with Crippen molar-refractivity contribution < 1.29 is 0 Å². The first kappa shape index (κ1) is 12.4. The molecule has 0 amide bonds. The summed E-state index contributed by atoms with van der Waals surface area (Å²) < 4.78 is 2.02. The van der Waals surface area contributed by atoms with Crippen molar-refractivity contribution in [2.75, 3.05) is 0 Å². The van der Waals surface area contributed by atoms with Crippen molar-refractivity contribution in [3.05, 3.63) is 52.8 Å². The smallest absolute Gasteiger partial charge is 0.0540 e. The molecule has 1 aliphatic carbocycles. The van der Waals surface area contributed by atoms with Crippen molar-refractivity contribution in [3.63, 3.8) is 0 Å². The highest BCUT2D eigenvalue weighted by Gasteiger charge is 2.22. The van der Waals surface area contributed by atoms with Gasteiger partial charge in [-0.2, -0.15) is 5.10 Å². The third-order valence-electron chi connectivity index (χ3n) is 4.01. The maximum absolute atomic E-state index is 4.39. The summed E-state index contributed by atoms with van der Waals surface area (Å²) in [6.07, 6.45) is 5.65. The molecule has 1 N–H and O–H groups in total. The Hall–Kier alpha value is -1.61. The molecule has 1 aromatic heterocycles. The van der Waals surface area contributed by atoms with E-state index in [0.29, 0.717) is 6.04 Å². The fraction of sp³-hybridized carbons (Fsp3) is 0.438. The van der Waals surface area contributed by atoms with Crippen LogP contribution in [0, 0.1) is 6.92 Å². The fourth-order valence-corrected chi connectivity index (χ4v) is 2.98. The predicted molar refractivity (Wildman–Crippen MR) is 76.9 cm³/mol. The summed E-state index contributed by atoms with van der Waals surface area (Å²) in [6, 6.07) is 9.16. The van der Waals surface area contributed by atoms with Crippen LogP contribution in [0.4, 0.5) is 0 Å². The molecule has 0 fully saturated rings. The molecule has 2 aromatic rings. The zero-order valence-electron chi connectivity index (χ0n) is 11.7. The van der Waals surface area contributed by atoms with E-state index in [9.17, 15) is 0 Å². The number of hydrogen-bond donors (Lipinski definition) is 1. The highest BCUT2D eigenvalue weighted by Crippen LogP contribution is 2.29. The molecule has 0 aliphatic heterocycles. The van der Waals surface area contributed by atoms with Gasteiger partial charge in [0.05, 0.1) is 6.20 Å². The van der Waals surface area contributed by atoms with E-state index in [-0.39, 0.29) is 0 Å². The molecule has 1 aromatic carbocycles. The molecule has 3 nitrogen and oxygen atoms in total. The Labute approximate surface area is 114 Å². The summed E-state index contributed by atoms with van der Waals surface area (Å²) in [4.78, 5) is 0. The van der Waals surface area contributed by atoms with Gasteiger partial charge in [0.15, 0.2) is 0 Å². The second-order valence-corrected chi connectivity index (χ2v) is 5.48. The van der Waals surface area contributed by atoms with Crippen LogP contribution in [-0.2, 0) is 20.0 Å². The normalized spacial score (nSPS) is 18.3. The van der Waals surface area contributed by atoms with Crippen LogP contribution in [0.25, 0.3) is 0 Å². The largest absolute Gasteiger partial charge is 0.306 e. The van der Waals surface area contributed by atoms with Crippen LogP contribution in [0.3, 0.4) is 0 Å². The standard InChI is InChI=1S/C16H21N3/c1-12-5-3-6-13(9-12)10-17-15-7-4-8-16-14(15)11-18-19(16)2/h3,5-6,9,11,15,17H,4,7-8,10H2,1-2H3/t15-/m0/s1. The minimum atomic E-state index is 0.456. The Morgan fingerprint density at radius 1 is 1.42 bits per heavy atom. The van der Waals surface area contributed by atoms with E-state index < -0.39 is 0 Å². The lowest BCUT2D eigenvalue weighted by Gasteiger charge is -2.24. The van der Waals surface area contributed by atoms with Gasteiger partial charge in [0, 0.05) is 30.9 Å². The van der Waals surface area contributed by atoms with Crippen molar-refractivity contribution in [2.45, 2.75) is 38.8 Å². The first-order valence-corrected chi connectivity index (χ1v) is 7.04. The highest BCUT2D eigenvalue weighted by atomic mass is 15.3. The predicted octanol–water partition coefficient (Wildman–Crippen LogP) is 2.90. The number of rotatable bonds is 3. The number of benzene rings is 1. The summed E-state index contributed by atoms with van der Waals surface area (Å²) in [5.74, 6) is 0. The van der Waals surface area contributed by atoms with Crippen molar-refractivity contribution in [2.24, 2.45) is 7.05 Å². The van der Waals surface area contributed by atoms with E-state index in [4.69, 9.17) is 0 Å². The third-order valence-corrected chi connectivity index (χ3v) is 4.01. The van der Waals surface area contributed by atoms with Gasteiger partial charge in [0.25, 0.3) is 0 Å². The molecular formula is C16H21N3. The van der Waals surface area contributed by atoms with Gasteiger partial charge in [-0.05, 0) is 31.7 Å². The zero-order chi connectivity index (χ0) is 13.2. The summed E-state index contributed by atoms with van der Waals surface area (Å²) in [7, 11) is 2.04. The van der Waals surface area contributed by atoms with Crippen molar-refractivity contribution in [1.29, 1.82) is 0 Å². The van der Waals surface area contributed by atoms with Crippen molar-refractivity contribution in [3.8, 4) is 0 Å². The number of aryl methyl sites for hydroxylation is 2. The molecule has 0 radical (unpaired) electrons. The van der Waals surface area contributed by atoms with E-state index in [0.717, 1.165) is 13.0 Å². The molecule has 0 saturated heterocycles. The molecule has 1 atom stereocenters. The monoisotopic (exact) mass is 255 g/mol. The van der Waals surface area contributed by atoms with Gasteiger partial charge in [-0.1, -0.05) is 29.8 Å². The SMILES string of the molecule is Cc1cccc(CN[C@H]2CCCc3c2cnn3C)c1. The van der Waals surface area contributed by atoms with Gasteiger partial charge in [0.1, 0.15) is 0 Å². The maximum Gasteiger partial charge on any atom is 0.0540 e. The van der Waals surface area contributed by atoms with Crippen LogP contribution in [0.2, 0.25) is 0 Å². The number of nitrogens with zero attached hydrogens (tertiary/aromatic N) is 2. The van der Waals surface area contributed by atoms with E-state index in [1.165, 1.54) is 35.2 Å². The molecule has 100 valence electrons. The first-order valence-electron chi connectivity index (χ1n) is 7.04. The van der Waals surface area contributed by atoms with E-state index >= 15 is 0 Å². The lowest BCUT2D eigenvalue weighted by atomic mass is 9.93. The van der Waals surface area contributed by atoms with E-state index in [1.807, 2.05) is 17.9 Å². The van der Waals surface area contributed by atoms with E-state index in [1.54, 1.807) is 0 Å². The number of aromatic nitrogens is 2. The molecule has 3 rings (SSSR count). The molecule has 0 bridgehead atoms. The Bertz CT molecular complexity index is 571. The molecule has 0 unspecified atom stereocenters.